The Morgan fingerprint density at radius 1 is 1.00 bits per heavy atom. The van der Waals surface area contributed by atoms with Crippen LogP contribution in [0.15, 0.2) is 47.6 Å². The Balaban J connectivity index is 1.54. The first kappa shape index (κ1) is 22.4. The van der Waals surface area contributed by atoms with Gasteiger partial charge in [0.25, 0.3) is 0 Å². The van der Waals surface area contributed by atoms with E-state index in [1.807, 2.05) is 43.8 Å². The molecule has 3 aromatic rings. The number of amides is 1. The van der Waals surface area contributed by atoms with E-state index >= 15 is 0 Å². The van der Waals surface area contributed by atoms with E-state index in [1.54, 1.807) is 0 Å². The molecule has 5 nitrogen and oxygen atoms in total. The van der Waals surface area contributed by atoms with Crippen LogP contribution in [-0.2, 0) is 22.8 Å². The number of benzene rings is 2. The smallest absolute Gasteiger partial charge is 0.234 e. The maximum atomic E-state index is 12.5. The fourth-order valence-electron chi connectivity index (χ4n) is 3.11. The van der Waals surface area contributed by atoms with Gasteiger partial charge in [-0.15, -0.1) is 22.0 Å². The van der Waals surface area contributed by atoms with Gasteiger partial charge in [0.1, 0.15) is 5.82 Å². The van der Waals surface area contributed by atoms with Crippen molar-refractivity contribution >= 4 is 35.1 Å². The molecule has 0 unspecified atom stereocenters. The number of carbonyl (C=O) groups excluding carboxylic acids is 1. The lowest BCUT2D eigenvalue weighted by atomic mass is 10.1. The summed E-state index contributed by atoms with van der Waals surface area (Å²) in [5.41, 5.74) is 5.62. The summed E-state index contributed by atoms with van der Waals surface area (Å²) in [6, 6.07) is 14.6. The second-order valence-electron chi connectivity index (χ2n) is 7.23. The maximum Gasteiger partial charge on any atom is 0.234 e. The summed E-state index contributed by atoms with van der Waals surface area (Å²) in [6.07, 6.45) is 0. The van der Waals surface area contributed by atoms with Gasteiger partial charge in [-0.2, -0.15) is 0 Å². The van der Waals surface area contributed by atoms with Crippen LogP contribution in [0.1, 0.15) is 35.0 Å². The molecule has 1 amide bonds. The first-order valence-corrected chi connectivity index (χ1v) is 12.2. The Labute approximate surface area is 187 Å². The SMILES string of the molecule is CCn1c(CSCc2ccc(C)cc2)nnc1SCC(=O)Nc1c(C)cccc1C. The number of carbonyl (C=O) groups is 1. The van der Waals surface area contributed by atoms with Crippen LogP contribution >= 0.6 is 23.5 Å². The number of nitrogens with zero attached hydrogens (tertiary/aromatic N) is 3. The number of rotatable bonds is 9. The summed E-state index contributed by atoms with van der Waals surface area (Å²) in [5.74, 6) is 2.97. The van der Waals surface area contributed by atoms with Gasteiger partial charge in [-0.3, -0.25) is 4.79 Å². The highest BCUT2D eigenvalue weighted by Gasteiger charge is 2.14. The van der Waals surface area contributed by atoms with E-state index in [0.29, 0.717) is 5.75 Å². The normalized spacial score (nSPS) is 10.9. The summed E-state index contributed by atoms with van der Waals surface area (Å²) < 4.78 is 2.10. The fraction of sp³-hybridized carbons (Fsp3) is 0.348. The topological polar surface area (TPSA) is 59.8 Å². The van der Waals surface area contributed by atoms with Crippen LogP contribution in [-0.4, -0.2) is 26.4 Å². The molecule has 0 saturated heterocycles. The van der Waals surface area contributed by atoms with Crippen LogP contribution in [0, 0.1) is 20.8 Å². The Hall–Kier alpha value is -2.25. The van der Waals surface area contributed by atoms with E-state index in [-0.39, 0.29) is 5.91 Å². The average molecular weight is 441 g/mol. The van der Waals surface area contributed by atoms with Crippen molar-refractivity contribution < 1.29 is 4.79 Å². The summed E-state index contributed by atoms with van der Waals surface area (Å²) in [4.78, 5) is 12.5. The summed E-state index contributed by atoms with van der Waals surface area (Å²) in [6.45, 7) is 8.98. The zero-order valence-electron chi connectivity index (χ0n) is 17.9. The van der Waals surface area contributed by atoms with Crippen molar-refractivity contribution in [2.75, 3.05) is 11.1 Å². The first-order chi connectivity index (χ1) is 14.5. The molecule has 1 aromatic heterocycles. The molecule has 0 fully saturated rings. The third kappa shape index (κ3) is 5.89. The number of aryl methyl sites for hydroxylation is 3. The standard InChI is InChI=1S/C23H28N4OS2/c1-5-27-20(14-29-13-19-11-9-16(2)10-12-19)25-26-23(27)30-15-21(28)24-22-17(3)7-6-8-18(22)4/h6-12H,5,13-15H2,1-4H3,(H,24,28). The van der Waals surface area contributed by atoms with E-state index in [0.717, 1.165) is 45.8 Å². The molecule has 0 radical (unpaired) electrons. The van der Waals surface area contributed by atoms with Crippen molar-refractivity contribution in [2.24, 2.45) is 0 Å². The third-order valence-electron chi connectivity index (χ3n) is 4.81. The van der Waals surface area contributed by atoms with Gasteiger partial charge in [0.2, 0.25) is 5.91 Å². The molecule has 158 valence electrons. The maximum absolute atomic E-state index is 12.5. The number of thioether (sulfide) groups is 2. The Morgan fingerprint density at radius 3 is 2.37 bits per heavy atom. The van der Waals surface area contributed by atoms with Gasteiger partial charge in [0, 0.05) is 18.0 Å². The Kier molecular flexibility index (Phi) is 7.99. The zero-order valence-corrected chi connectivity index (χ0v) is 19.6. The van der Waals surface area contributed by atoms with Crippen molar-refractivity contribution in [1.29, 1.82) is 0 Å². The molecule has 2 aromatic carbocycles. The minimum absolute atomic E-state index is 0.0293. The minimum atomic E-state index is -0.0293. The molecule has 0 aliphatic heterocycles. The summed E-state index contributed by atoms with van der Waals surface area (Å²) in [7, 11) is 0. The molecule has 1 heterocycles. The van der Waals surface area contributed by atoms with E-state index in [4.69, 9.17) is 0 Å². The second kappa shape index (κ2) is 10.7. The second-order valence-corrected chi connectivity index (χ2v) is 9.15. The number of nitrogens with one attached hydrogen (secondary N) is 1. The molecule has 0 aliphatic rings. The number of para-hydroxylation sites is 1. The lowest BCUT2D eigenvalue weighted by molar-refractivity contribution is -0.113. The lowest BCUT2D eigenvalue weighted by Gasteiger charge is -2.11. The highest BCUT2D eigenvalue weighted by atomic mass is 32.2. The van der Waals surface area contributed by atoms with Crippen LogP contribution in [0.5, 0.6) is 0 Å². The fourth-order valence-corrected chi connectivity index (χ4v) is 4.86. The molecule has 0 aliphatic carbocycles. The quantitative estimate of drug-likeness (QED) is 0.452. The Morgan fingerprint density at radius 2 is 1.70 bits per heavy atom. The first-order valence-electron chi connectivity index (χ1n) is 10.0. The molecule has 0 saturated carbocycles. The van der Waals surface area contributed by atoms with E-state index in [9.17, 15) is 4.79 Å². The predicted molar refractivity (Wildman–Crippen MR) is 127 cm³/mol. The summed E-state index contributed by atoms with van der Waals surface area (Å²) >= 11 is 3.26. The van der Waals surface area contributed by atoms with Gasteiger partial charge >= 0.3 is 0 Å². The molecule has 0 spiro atoms. The van der Waals surface area contributed by atoms with Crippen LogP contribution in [0.2, 0.25) is 0 Å². The van der Waals surface area contributed by atoms with Crippen molar-refractivity contribution in [2.45, 2.75) is 50.9 Å². The highest BCUT2D eigenvalue weighted by molar-refractivity contribution is 7.99. The van der Waals surface area contributed by atoms with Gasteiger partial charge in [-0.1, -0.05) is 59.8 Å². The van der Waals surface area contributed by atoms with Crippen LogP contribution in [0.3, 0.4) is 0 Å². The lowest BCUT2D eigenvalue weighted by Crippen LogP contribution is -2.16. The van der Waals surface area contributed by atoms with Crippen LogP contribution in [0.4, 0.5) is 5.69 Å². The van der Waals surface area contributed by atoms with Crippen molar-refractivity contribution in [3.8, 4) is 0 Å². The van der Waals surface area contributed by atoms with E-state index in [1.165, 1.54) is 22.9 Å². The van der Waals surface area contributed by atoms with Crippen LogP contribution in [0.25, 0.3) is 0 Å². The molecule has 0 bridgehead atoms. The third-order valence-corrected chi connectivity index (χ3v) is 6.77. The van der Waals surface area contributed by atoms with E-state index in [2.05, 4.69) is 58.2 Å². The Bertz CT molecular complexity index is 979. The van der Waals surface area contributed by atoms with Crippen LogP contribution < -0.4 is 5.32 Å². The molecule has 1 N–H and O–H groups in total. The molecule has 0 atom stereocenters. The monoisotopic (exact) mass is 440 g/mol. The van der Waals surface area contributed by atoms with Gasteiger partial charge in [-0.25, -0.2) is 0 Å². The van der Waals surface area contributed by atoms with Crippen molar-refractivity contribution in [3.05, 3.63) is 70.5 Å². The number of aromatic nitrogens is 3. The van der Waals surface area contributed by atoms with Gasteiger partial charge < -0.3 is 9.88 Å². The largest absolute Gasteiger partial charge is 0.325 e. The minimum Gasteiger partial charge on any atom is -0.325 e. The van der Waals surface area contributed by atoms with Crippen molar-refractivity contribution in [3.63, 3.8) is 0 Å². The van der Waals surface area contributed by atoms with Gasteiger partial charge in [0.15, 0.2) is 5.16 Å². The number of anilines is 1. The molecular formula is C23H28N4OS2. The van der Waals surface area contributed by atoms with Crippen molar-refractivity contribution in [1.82, 2.24) is 14.8 Å². The van der Waals surface area contributed by atoms with E-state index < -0.39 is 0 Å². The molecule has 7 heteroatoms. The molecular weight excluding hydrogens is 412 g/mol. The predicted octanol–water partition coefficient (Wildman–Crippen LogP) is 5.39. The zero-order chi connectivity index (χ0) is 21.5. The van der Waals surface area contributed by atoms with Gasteiger partial charge in [0.05, 0.1) is 11.5 Å². The summed E-state index contributed by atoms with van der Waals surface area (Å²) in [5, 5.41) is 12.5. The molecule has 3 rings (SSSR count). The molecule has 30 heavy (non-hydrogen) atoms. The average Bonchev–Trinajstić information content (AvgIpc) is 3.12. The highest BCUT2D eigenvalue weighted by Crippen LogP contribution is 2.23. The number of hydrogen-bond acceptors (Lipinski definition) is 5. The number of hydrogen-bond donors (Lipinski definition) is 1. The van der Waals surface area contributed by atoms with Gasteiger partial charge in [-0.05, 0) is 44.4 Å².